The third kappa shape index (κ3) is 3.52. The number of rotatable bonds is 5. The van der Waals surface area contributed by atoms with Crippen molar-refractivity contribution in [2.24, 2.45) is 0 Å². The Balaban J connectivity index is 1.96. The summed E-state index contributed by atoms with van der Waals surface area (Å²) < 4.78 is 0. The molecule has 0 unspecified atom stereocenters. The van der Waals surface area contributed by atoms with Crippen molar-refractivity contribution in [1.29, 1.82) is 0 Å². The first-order chi connectivity index (χ1) is 9.31. The van der Waals surface area contributed by atoms with Gasteiger partial charge >= 0.3 is 0 Å². The molecule has 1 N–H and O–H groups in total. The van der Waals surface area contributed by atoms with E-state index < -0.39 is 0 Å². The predicted molar refractivity (Wildman–Crippen MR) is 74.6 cm³/mol. The number of nitrogens with zero attached hydrogens (tertiary/aromatic N) is 2. The number of carbonyl (C=O) groups excluding carboxylic acids is 1. The molecule has 0 radical (unpaired) electrons. The number of carbonyl (C=O) groups is 1. The van der Waals surface area contributed by atoms with Crippen molar-refractivity contribution in [3.05, 3.63) is 36.2 Å². The Morgan fingerprint density at radius 1 is 1.21 bits per heavy atom. The van der Waals surface area contributed by atoms with Crippen molar-refractivity contribution in [3.63, 3.8) is 0 Å². The van der Waals surface area contributed by atoms with Gasteiger partial charge in [0.25, 0.3) is 5.91 Å². The Bertz CT molecular complexity index is 616. The van der Waals surface area contributed by atoms with E-state index in [0.29, 0.717) is 12.1 Å². The van der Waals surface area contributed by atoms with Crippen LogP contribution in [0.15, 0.2) is 30.6 Å². The molecule has 0 aliphatic carbocycles. The van der Waals surface area contributed by atoms with E-state index in [9.17, 15) is 4.79 Å². The molecule has 2 aromatic rings. The van der Waals surface area contributed by atoms with E-state index in [4.69, 9.17) is 6.42 Å². The van der Waals surface area contributed by atoms with Gasteiger partial charge in [0.2, 0.25) is 0 Å². The lowest BCUT2D eigenvalue weighted by Gasteiger charge is -2.05. The predicted octanol–water partition coefficient (Wildman–Crippen LogP) is 2.16. The molecule has 0 aliphatic rings. The van der Waals surface area contributed by atoms with E-state index in [1.807, 2.05) is 0 Å². The summed E-state index contributed by atoms with van der Waals surface area (Å²) in [6.45, 7) is 0.638. The molecule has 0 saturated carbocycles. The lowest BCUT2D eigenvalue weighted by molar-refractivity contribution is 0.0953. The maximum absolute atomic E-state index is 11.9. The van der Waals surface area contributed by atoms with Crippen LogP contribution in [0.3, 0.4) is 0 Å². The summed E-state index contributed by atoms with van der Waals surface area (Å²) >= 11 is 0. The van der Waals surface area contributed by atoms with Crippen molar-refractivity contribution in [2.75, 3.05) is 6.54 Å². The van der Waals surface area contributed by atoms with Gasteiger partial charge < -0.3 is 5.32 Å². The molecule has 96 valence electrons. The quantitative estimate of drug-likeness (QED) is 0.656. The highest BCUT2D eigenvalue weighted by Crippen LogP contribution is 2.10. The van der Waals surface area contributed by atoms with Crippen LogP contribution < -0.4 is 5.32 Å². The molecule has 0 fully saturated rings. The Morgan fingerprint density at radius 2 is 2.00 bits per heavy atom. The van der Waals surface area contributed by atoms with Crippen LogP contribution in [-0.4, -0.2) is 22.4 Å². The number of hydrogen-bond donors (Lipinski definition) is 1. The molecule has 0 spiro atoms. The molecular weight excluding hydrogens is 238 g/mol. The van der Waals surface area contributed by atoms with Crippen molar-refractivity contribution in [1.82, 2.24) is 15.3 Å². The first-order valence-electron chi connectivity index (χ1n) is 6.23. The fourth-order valence-electron chi connectivity index (χ4n) is 1.76. The average Bonchev–Trinajstić information content (AvgIpc) is 2.46. The van der Waals surface area contributed by atoms with Gasteiger partial charge in [-0.1, -0.05) is 0 Å². The van der Waals surface area contributed by atoms with Crippen LogP contribution in [-0.2, 0) is 0 Å². The van der Waals surface area contributed by atoms with Crippen molar-refractivity contribution in [2.45, 2.75) is 19.3 Å². The molecule has 1 amide bonds. The minimum Gasteiger partial charge on any atom is -0.352 e. The second kappa shape index (κ2) is 6.50. The number of aromatic nitrogens is 2. The SMILES string of the molecule is C#CCCCCNC(=O)c1ccc2nccnc2c1. The first-order valence-corrected chi connectivity index (χ1v) is 6.23. The maximum Gasteiger partial charge on any atom is 0.251 e. The van der Waals surface area contributed by atoms with Gasteiger partial charge in [0.1, 0.15) is 0 Å². The van der Waals surface area contributed by atoms with Gasteiger partial charge in [-0.05, 0) is 31.0 Å². The van der Waals surface area contributed by atoms with Gasteiger partial charge in [0.15, 0.2) is 0 Å². The van der Waals surface area contributed by atoms with Crippen LogP contribution in [0.4, 0.5) is 0 Å². The van der Waals surface area contributed by atoms with Crippen molar-refractivity contribution >= 4 is 16.9 Å². The molecular formula is C15H15N3O. The van der Waals surface area contributed by atoms with E-state index in [2.05, 4.69) is 21.2 Å². The number of hydrogen-bond acceptors (Lipinski definition) is 3. The van der Waals surface area contributed by atoms with E-state index in [1.165, 1.54) is 0 Å². The van der Waals surface area contributed by atoms with Crippen LogP contribution in [0.25, 0.3) is 11.0 Å². The van der Waals surface area contributed by atoms with Gasteiger partial charge in [-0.25, -0.2) is 0 Å². The van der Waals surface area contributed by atoms with Gasteiger partial charge in [0.05, 0.1) is 11.0 Å². The number of unbranched alkanes of at least 4 members (excludes halogenated alkanes) is 2. The van der Waals surface area contributed by atoms with Gasteiger partial charge in [0, 0.05) is 30.9 Å². The summed E-state index contributed by atoms with van der Waals surface area (Å²) in [5.74, 6) is 2.49. The summed E-state index contributed by atoms with van der Waals surface area (Å²) in [7, 11) is 0. The van der Waals surface area contributed by atoms with Crippen LogP contribution in [0.2, 0.25) is 0 Å². The van der Waals surface area contributed by atoms with Crippen molar-refractivity contribution in [3.8, 4) is 12.3 Å². The maximum atomic E-state index is 11.9. The molecule has 0 saturated heterocycles. The number of amides is 1. The summed E-state index contributed by atoms with van der Waals surface area (Å²) in [4.78, 5) is 20.3. The minimum absolute atomic E-state index is 0.0896. The zero-order valence-corrected chi connectivity index (χ0v) is 10.6. The smallest absolute Gasteiger partial charge is 0.251 e. The van der Waals surface area contributed by atoms with E-state index in [1.54, 1.807) is 30.6 Å². The normalized spacial score (nSPS) is 10.1. The fraction of sp³-hybridized carbons (Fsp3) is 0.267. The molecule has 0 aliphatic heterocycles. The van der Waals surface area contributed by atoms with Crippen LogP contribution >= 0.6 is 0 Å². The Kier molecular flexibility index (Phi) is 4.46. The monoisotopic (exact) mass is 253 g/mol. The first kappa shape index (κ1) is 13.0. The zero-order chi connectivity index (χ0) is 13.5. The van der Waals surface area contributed by atoms with Crippen LogP contribution in [0.5, 0.6) is 0 Å². The number of nitrogens with one attached hydrogen (secondary N) is 1. The van der Waals surface area contributed by atoms with Gasteiger partial charge in [-0.2, -0.15) is 0 Å². The Morgan fingerprint density at radius 3 is 2.79 bits per heavy atom. The number of benzene rings is 1. The van der Waals surface area contributed by atoms with E-state index >= 15 is 0 Å². The van der Waals surface area contributed by atoms with E-state index in [-0.39, 0.29) is 5.91 Å². The Hall–Kier alpha value is -2.41. The molecule has 19 heavy (non-hydrogen) atoms. The largest absolute Gasteiger partial charge is 0.352 e. The van der Waals surface area contributed by atoms with E-state index in [0.717, 1.165) is 30.3 Å². The third-order valence-electron chi connectivity index (χ3n) is 2.76. The number of terminal acetylenes is 1. The molecule has 1 aromatic carbocycles. The van der Waals surface area contributed by atoms with Crippen LogP contribution in [0, 0.1) is 12.3 Å². The summed E-state index contributed by atoms with van der Waals surface area (Å²) in [5.41, 5.74) is 2.11. The minimum atomic E-state index is -0.0896. The van der Waals surface area contributed by atoms with Crippen molar-refractivity contribution < 1.29 is 4.79 Å². The highest BCUT2D eigenvalue weighted by molar-refractivity contribution is 5.97. The molecule has 0 atom stereocenters. The molecule has 4 heteroatoms. The molecule has 1 aromatic heterocycles. The highest BCUT2D eigenvalue weighted by atomic mass is 16.1. The standard InChI is InChI=1S/C15H15N3O/c1-2-3-4-5-8-18-15(19)12-6-7-13-14(11-12)17-10-9-16-13/h1,6-7,9-11H,3-5,8H2,(H,18,19). The van der Waals surface area contributed by atoms with Gasteiger partial charge in [-0.15, -0.1) is 12.3 Å². The molecule has 1 heterocycles. The lowest BCUT2D eigenvalue weighted by Crippen LogP contribution is -2.24. The summed E-state index contributed by atoms with van der Waals surface area (Å²) in [5, 5.41) is 2.87. The third-order valence-corrected chi connectivity index (χ3v) is 2.76. The zero-order valence-electron chi connectivity index (χ0n) is 10.6. The Labute approximate surface area is 112 Å². The summed E-state index contributed by atoms with van der Waals surface area (Å²) in [6, 6.07) is 5.31. The fourth-order valence-corrected chi connectivity index (χ4v) is 1.76. The highest BCUT2D eigenvalue weighted by Gasteiger charge is 2.06. The van der Waals surface area contributed by atoms with Gasteiger partial charge in [-0.3, -0.25) is 14.8 Å². The average molecular weight is 253 g/mol. The molecule has 4 nitrogen and oxygen atoms in total. The second-order valence-corrected chi connectivity index (χ2v) is 4.18. The molecule has 0 bridgehead atoms. The topological polar surface area (TPSA) is 54.9 Å². The lowest BCUT2D eigenvalue weighted by atomic mass is 10.1. The summed E-state index contributed by atoms with van der Waals surface area (Å²) in [6.07, 6.45) is 11.0. The molecule has 2 rings (SSSR count). The van der Waals surface area contributed by atoms with Crippen LogP contribution in [0.1, 0.15) is 29.6 Å². The number of fused-ring (bicyclic) bond motifs is 1. The second-order valence-electron chi connectivity index (χ2n) is 4.18.